The van der Waals surface area contributed by atoms with Crippen molar-refractivity contribution < 1.29 is 36.2 Å². The molecule has 5 atom stereocenters. The van der Waals surface area contributed by atoms with Crippen molar-refractivity contribution in [1.82, 2.24) is 5.01 Å². The van der Waals surface area contributed by atoms with E-state index in [1.54, 1.807) is 6.92 Å². The van der Waals surface area contributed by atoms with E-state index in [1.165, 1.54) is 7.05 Å². The predicted molar refractivity (Wildman–Crippen MR) is 101 cm³/mol. The number of nitrogens with two attached hydrogens (primary N) is 1. The van der Waals surface area contributed by atoms with Crippen LogP contribution in [0.4, 0.5) is 26.3 Å². The van der Waals surface area contributed by atoms with Crippen molar-refractivity contribution in [3.8, 4) is 0 Å². The maximum Gasteiger partial charge on any atom is 0.422 e. The van der Waals surface area contributed by atoms with E-state index in [4.69, 9.17) is 10.5 Å². The normalized spacial score (nSPS) is 35.5. The Bertz CT molecular complexity index is 778. The maximum atomic E-state index is 13.8. The summed E-state index contributed by atoms with van der Waals surface area (Å²) < 4.78 is 87.5. The molecule has 0 aromatic rings. The third-order valence-corrected chi connectivity index (χ3v) is 5.91. The molecule has 0 aliphatic carbocycles. The second-order valence-corrected chi connectivity index (χ2v) is 8.49. The van der Waals surface area contributed by atoms with Gasteiger partial charge in [0.1, 0.15) is 6.04 Å². The Balaban J connectivity index is 2.01. The van der Waals surface area contributed by atoms with Gasteiger partial charge in [-0.2, -0.15) is 26.3 Å². The summed E-state index contributed by atoms with van der Waals surface area (Å²) in [5.41, 5.74) is 1.52. The Morgan fingerprint density at radius 1 is 1.19 bits per heavy atom. The second kappa shape index (κ2) is 8.27. The fourth-order valence-corrected chi connectivity index (χ4v) is 4.20. The zero-order valence-corrected chi connectivity index (χ0v) is 17.2. The lowest BCUT2D eigenvalue weighted by Gasteiger charge is -2.37. The third-order valence-electron chi connectivity index (χ3n) is 5.91. The van der Waals surface area contributed by atoms with Crippen LogP contribution in [-0.2, 0) is 4.74 Å². The molecule has 0 spiro atoms. The highest BCUT2D eigenvalue weighted by molar-refractivity contribution is 6.04. The van der Waals surface area contributed by atoms with E-state index >= 15 is 0 Å². The lowest BCUT2D eigenvalue weighted by atomic mass is 9.88. The van der Waals surface area contributed by atoms with Crippen LogP contribution in [0.2, 0.25) is 0 Å². The zero-order chi connectivity index (χ0) is 23.2. The molecule has 3 rings (SSSR count). The van der Waals surface area contributed by atoms with Crippen molar-refractivity contribution >= 4 is 11.6 Å². The van der Waals surface area contributed by atoms with Crippen LogP contribution in [0.1, 0.15) is 45.4 Å². The van der Waals surface area contributed by atoms with Crippen molar-refractivity contribution in [1.29, 1.82) is 0 Å². The number of allylic oxidation sites excluding steroid dienone is 1. The van der Waals surface area contributed by atoms with Crippen LogP contribution in [0.3, 0.4) is 0 Å². The van der Waals surface area contributed by atoms with Crippen LogP contribution in [0.5, 0.6) is 0 Å². The largest absolute Gasteiger partial charge is 0.449 e. The van der Waals surface area contributed by atoms with Gasteiger partial charge in [0.05, 0.1) is 11.6 Å². The predicted octanol–water partition coefficient (Wildman–Crippen LogP) is 3.51. The van der Waals surface area contributed by atoms with Crippen LogP contribution in [-0.4, -0.2) is 65.0 Å². The minimum Gasteiger partial charge on any atom is -0.449 e. The van der Waals surface area contributed by atoms with Crippen molar-refractivity contribution in [2.45, 2.75) is 81.7 Å². The Labute approximate surface area is 175 Å². The number of nitrogens with zero attached hydrogens (tertiary/aromatic N) is 3. The summed E-state index contributed by atoms with van der Waals surface area (Å²) in [4.78, 5) is 4.13. The summed E-state index contributed by atoms with van der Waals surface area (Å²) in [6, 6.07) is -2.52. The van der Waals surface area contributed by atoms with Gasteiger partial charge in [-0.25, -0.2) is 0 Å². The van der Waals surface area contributed by atoms with Gasteiger partial charge in [-0.05, 0) is 25.2 Å². The van der Waals surface area contributed by atoms with E-state index in [1.807, 2.05) is 0 Å². The lowest BCUT2D eigenvalue weighted by molar-refractivity contribution is -0.305. The molecule has 0 amide bonds. The quantitative estimate of drug-likeness (QED) is 0.547. The van der Waals surface area contributed by atoms with Crippen LogP contribution in [0.25, 0.3) is 0 Å². The number of hydrogen-bond donors (Lipinski definition) is 2. The van der Waals surface area contributed by atoms with E-state index in [-0.39, 0.29) is 30.4 Å². The molecule has 0 saturated carbocycles. The van der Waals surface area contributed by atoms with Crippen LogP contribution >= 0.6 is 0 Å². The molecule has 0 radical (unpaired) electrons. The monoisotopic (exact) mass is 456 g/mol. The molecule has 176 valence electrons. The first-order valence-electron chi connectivity index (χ1n) is 10.1. The molecule has 0 saturated heterocycles. The molecule has 12 heteroatoms. The number of halogens is 6. The topological polar surface area (TPSA) is 83.4 Å². The summed E-state index contributed by atoms with van der Waals surface area (Å²) in [7, 11) is 1.20. The van der Waals surface area contributed by atoms with Crippen molar-refractivity contribution in [3.05, 3.63) is 11.6 Å². The number of rotatable bonds is 0. The fraction of sp³-hybridized carbons (Fsp3) is 0.789. The summed E-state index contributed by atoms with van der Waals surface area (Å²) in [5, 5.41) is 15.3. The van der Waals surface area contributed by atoms with Gasteiger partial charge in [0.2, 0.25) is 17.7 Å². The highest BCUT2D eigenvalue weighted by atomic mass is 19.4. The molecule has 3 heterocycles. The van der Waals surface area contributed by atoms with E-state index in [0.29, 0.717) is 19.3 Å². The highest BCUT2D eigenvalue weighted by Crippen LogP contribution is 2.42. The number of aliphatic hydroxyl groups is 1. The maximum absolute atomic E-state index is 13.8. The number of ether oxygens (including phenoxy) is 1. The third kappa shape index (κ3) is 4.69. The van der Waals surface area contributed by atoms with Gasteiger partial charge in [-0.3, -0.25) is 10.0 Å². The standard InChI is InChI=1S/C19H26F6N4O2/c1-10-6-4-3-5-7-17(30,19(23,24)25)16-29(2)28-15(31-16)14-12(26)9-11(18(20,21)22)13(8-10)27-14/h9-10,12,14,16,30H,3-8,26H2,1-2H3. The fourth-order valence-electron chi connectivity index (χ4n) is 4.20. The average Bonchev–Trinajstić information content (AvgIpc) is 3.01. The van der Waals surface area contributed by atoms with Crippen molar-refractivity contribution in [3.63, 3.8) is 0 Å². The SMILES string of the molecule is CC1CCCCCC(O)(C(F)(F)F)C2OC(=NN2C)C2N=C(C1)C(C(F)(F)F)=CC2N. The number of dihydropyridines is 1. The molecule has 0 aromatic heterocycles. The minimum atomic E-state index is -5.01. The van der Waals surface area contributed by atoms with Gasteiger partial charge < -0.3 is 15.6 Å². The minimum absolute atomic E-state index is 0.0492. The van der Waals surface area contributed by atoms with Crippen molar-refractivity contribution in [2.24, 2.45) is 21.7 Å². The van der Waals surface area contributed by atoms with Gasteiger partial charge in [0, 0.05) is 12.8 Å². The summed E-state index contributed by atoms with van der Waals surface area (Å²) in [5.74, 6) is -0.520. The van der Waals surface area contributed by atoms with Gasteiger partial charge >= 0.3 is 12.4 Å². The first-order chi connectivity index (χ1) is 14.2. The molecule has 3 aliphatic heterocycles. The van der Waals surface area contributed by atoms with E-state index in [2.05, 4.69) is 10.1 Å². The molecule has 5 unspecified atom stereocenters. The Kier molecular flexibility index (Phi) is 6.36. The number of hydrazone groups is 1. The Morgan fingerprint density at radius 3 is 2.48 bits per heavy atom. The number of aliphatic imine (C=N–C) groups is 1. The molecule has 0 aromatic carbocycles. The van der Waals surface area contributed by atoms with Crippen LogP contribution in [0.15, 0.2) is 21.7 Å². The smallest absolute Gasteiger partial charge is 0.422 e. The Morgan fingerprint density at radius 2 is 1.87 bits per heavy atom. The van der Waals surface area contributed by atoms with Crippen LogP contribution in [0, 0.1) is 5.92 Å². The average molecular weight is 456 g/mol. The summed E-state index contributed by atoms with van der Waals surface area (Å²) >= 11 is 0. The van der Waals surface area contributed by atoms with Gasteiger partial charge in [-0.1, -0.05) is 32.3 Å². The van der Waals surface area contributed by atoms with Crippen LogP contribution < -0.4 is 5.73 Å². The molecule has 4 bridgehead atoms. The number of alkyl halides is 6. The van der Waals surface area contributed by atoms with Gasteiger partial charge in [-0.15, -0.1) is 5.10 Å². The van der Waals surface area contributed by atoms with Gasteiger partial charge in [0.15, 0.2) is 0 Å². The van der Waals surface area contributed by atoms with E-state index in [0.717, 1.165) is 11.1 Å². The zero-order valence-electron chi connectivity index (χ0n) is 17.2. The Hall–Kier alpha value is -1.82. The number of likely N-dealkylation sites (N-methyl/N-ethyl adjacent to an activating group) is 1. The lowest BCUT2D eigenvalue weighted by Crippen LogP contribution is -2.59. The molecule has 3 N–H and O–H groups in total. The second-order valence-electron chi connectivity index (χ2n) is 8.49. The highest BCUT2D eigenvalue weighted by Gasteiger charge is 2.63. The summed E-state index contributed by atoms with van der Waals surface area (Å²) in [6.07, 6.45) is -9.79. The van der Waals surface area contributed by atoms with E-state index in [9.17, 15) is 31.4 Å². The van der Waals surface area contributed by atoms with Gasteiger partial charge in [0.25, 0.3) is 0 Å². The number of fused-ring (bicyclic) bond motifs is 4. The molecule has 3 aliphatic rings. The molecule has 6 nitrogen and oxygen atoms in total. The summed E-state index contributed by atoms with van der Waals surface area (Å²) in [6.45, 7) is 1.77. The molecular weight excluding hydrogens is 430 g/mol. The first-order valence-corrected chi connectivity index (χ1v) is 10.1. The van der Waals surface area contributed by atoms with E-state index < -0.39 is 48.3 Å². The molecule has 0 fully saturated rings. The first kappa shape index (κ1) is 23.8. The van der Waals surface area contributed by atoms with Crippen molar-refractivity contribution in [2.75, 3.05) is 7.05 Å². The molecular formula is C19H26F6N4O2. The molecule has 31 heavy (non-hydrogen) atoms. The number of hydrogen-bond acceptors (Lipinski definition) is 6.